The number of nitrogens with one attached hydrogen (secondary N) is 1. The zero-order valence-electron chi connectivity index (χ0n) is 10.8. The summed E-state index contributed by atoms with van der Waals surface area (Å²) >= 11 is 3.60. The Morgan fingerprint density at radius 1 is 1.39 bits per heavy atom. The lowest BCUT2D eigenvalue weighted by Gasteiger charge is -2.35. The molecule has 0 aromatic heterocycles. The van der Waals surface area contributed by atoms with Crippen LogP contribution in [0.5, 0.6) is 0 Å². The summed E-state index contributed by atoms with van der Waals surface area (Å²) in [5.41, 5.74) is 2.55. The lowest BCUT2D eigenvalue weighted by molar-refractivity contribution is 0.141. The van der Waals surface area contributed by atoms with Crippen LogP contribution >= 0.6 is 15.9 Å². The number of benzene rings is 1. The van der Waals surface area contributed by atoms with E-state index in [1.807, 2.05) is 0 Å². The minimum atomic E-state index is 0.236. The molecule has 1 saturated heterocycles. The molecular weight excluding hydrogens is 292 g/mol. The van der Waals surface area contributed by atoms with E-state index in [9.17, 15) is 5.11 Å². The highest BCUT2D eigenvalue weighted by molar-refractivity contribution is 9.10. The predicted molar refractivity (Wildman–Crippen MR) is 77.8 cm³/mol. The molecule has 1 aliphatic rings. The maximum Gasteiger partial charge on any atom is 0.0449 e. The maximum atomic E-state index is 9.30. The molecule has 2 N–H and O–H groups in total. The monoisotopic (exact) mass is 312 g/mol. The van der Waals surface area contributed by atoms with Crippen LogP contribution in [-0.4, -0.2) is 42.8 Å². The van der Waals surface area contributed by atoms with E-state index >= 15 is 0 Å². The number of aryl methyl sites for hydroxylation is 1. The van der Waals surface area contributed by atoms with E-state index in [1.54, 1.807) is 0 Å². The largest absolute Gasteiger partial charge is 0.396 e. The van der Waals surface area contributed by atoms with Crippen molar-refractivity contribution in [1.82, 2.24) is 10.2 Å². The van der Waals surface area contributed by atoms with Gasteiger partial charge in [0.15, 0.2) is 0 Å². The van der Waals surface area contributed by atoms with Gasteiger partial charge in [0, 0.05) is 43.3 Å². The average molecular weight is 313 g/mol. The summed E-state index contributed by atoms with van der Waals surface area (Å²) in [6.07, 6.45) is 0.801. The van der Waals surface area contributed by atoms with E-state index in [2.05, 4.69) is 51.3 Å². The van der Waals surface area contributed by atoms with Gasteiger partial charge in [0.05, 0.1) is 0 Å². The molecule has 18 heavy (non-hydrogen) atoms. The molecular formula is C14H21BrN2O. The maximum absolute atomic E-state index is 9.30. The number of aliphatic hydroxyl groups is 1. The number of aliphatic hydroxyl groups excluding tert-OH is 1. The normalized spacial score (nSPS) is 18.8. The van der Waals surface area contributed by atoms with Crippen molar-refractivity contribution < 1.29 is 5.11 Å². The number of hydrogen-bond acceptors (Lipinski definition) is 3. The molecule has 0 bridgehead atoms. The Labute approximate surface area is 117 Å². The van der Waals surface area contributed by atoms with Crippen LogP contribution in [0, 0.1) is 6.92 Å². The molecule has 1 aromatic rings. The third-order valence-electron chi connectivity index (χ3n) is 3.58. The number of hydrogen-bond donors (Lipinski definition) is 2. The van der Waals surface area contributed by atoms with Crippen molar-refractivity contribution in [2.45, 2.75) is 19.4 Å². The summed E-state index contributed by atoms with van der Waals surface area (Å²) < 4.78 is 1.15. The first-order valence-corrected chi connectivity index (χ1v) is 7.33. The van der Waals surface area contributed by atoms with E-state index in [0.29, 0.717) is 6.04 Å². The molecule has 0 aliphatic carbocycles. The van der Waals surface area contributed by atoms with Crippen molar-refractivity contribution in [3.8, 4) is 0 Å². The molecule has 1 atom stereocenters. The predicted octanol–water partition coefficient (Wildman–Crippen LogP) is 2.09. The van der Waals surface area contributed by atoms with Gasteiger partial charge in [0.1, 0.15) is 0 Å². The first-order valence-electron chi connectivity index (χ1n) is 6.54. The summed E-state index contributed by atoms with van der Waals surface area (Å²) in [5, 5.41) is 12.7. The molecule has 0 unspecified atom stereocenters. The van der Waals surface area contributed by atoms with Crippen LogP contribution in [0.3, 0.4) is 0 Å². The molecule has 0 saturated carbocycles. The summed E-state index contributed by atoms with van der Waals surface area (Å²) in [4.78, 5) is 2.46. The van der Waals surface area contributed by atoms with Crippen LogP contribution in [0.25, 0.3) is 0 Å². The van der Waals surface area contributed by atoms with Crippen molar-refractivity contribution in [3.63, 3.8) is 0 Å². The zero-order valence-corrected chi connectivity index (χ0v) is 12.4. The highest BCUT2D eigenvalue weighted by atomic mass is 79.9. The quantitative estimate of drug-likeness (QED) is 0.893. The second-order valence-electron chi connectivity index (χ2n) is 4.82. The smallest absolute Gasteiger partial charge is 0.0449 e. The van der Waals surface area contributed by atoms with Crippen LogP contribution in [0.2, 0.25) is 0 Å². The third kappa shape index (κ3) is 3.32. The Bertz CT molecular complexity index is 391. The molecule has 0 spiro atoms. The molecule has 4 heteroatoms. The van der Waals surface area contributed by atoms with Crippen LogP contribution in [0.1, 0.15) is 23.6 Å². The first kappa shape index (κ1) is 14.0. The van der Waals surface area contributed by atoms with Gasteiger partial charge >= 0.3 is 0 Å². The van der Waals surface area contributed by atoms with E-state index in [-0.39, 0.29) is 6.61 Å². The second-order valence-corrected chi connectivity index (χ2v) is 5.68. The molecule has 1 fully saturated rings. The van der Waals surface area contributed by atoms with Gasteiger partial charge in [0.25, 0.3) is 0 Å². The van der Waals surface area contributed by atoms with Crippen molar-refractivity contribution in [2.75, 3.05) is 32.8 Å². The van der Waals surface area contributed by atoms with Gasteiger partial charge in [-0.15, -0.1) is 0 Å². The fourth-order valence-corrected chi connectivity index (χ4v) is 2.89. The van der Waals surface area contributed by atoms with Crippen LogP contribution in [0.4, 0.5) is 0 Å². The van der Waals surface area contributed by atoms with E-state index in [0.717, 1.165) is 37.1 Å². The highest BCUT2D eigenvalue weighted by Crippen LogP contribution is 2.28. The Balaban J connectivity index is 2.19. The molecule has 1 aliphatic heterocycles. The second kappa shape index (κ2) is 6.66. The zero-order chi connectivity index (χ0) is 13.0. The average Bonchev–Trinajstić information content (AvgIpc) is 2.40. The Hall–Kier alpha value is -0.420. The van der Waals surface area contributed by atoms with Crippen LogP contribution in [0.15, 0.2) is 22.7 Å². The topological polar surface area (TPSA) is 35.5 Å². The van der Waals surface area contributed by atoms with E-state index in [4.69, 9.17) is 0 Å². The van der Waals surface area contributed by atoms with Gasteiger partial charge in [-0.1, -0.05) is 28.1 Å². The van der Waals surface area contributed by atoms with E-state index < -0.39 is 0 Å². The standard InChI is InChI=1S/C14H21BrN2O/c1-11-2-3-12(10-13(11)15)14(4-9-18)17-7-5-16-6-8-17/h2-3,10,14,16,18H,4-9H2,1H3/t14-/m1/s1. The molecule has 3 nitrogen and oxygen atoms in total. The SMILES string of the molecule is Cc1ccc([C@@H](CCO)N2CCNCC2)cc1Br. The summed E-state index contributed by atoms with van der Waals surface area (Å²) in [5.74, 6) is 0. The Kier molecular flexibility index (Phi) is 5.18. The summed E-state index contributed by atoms with van der Waals surface area (Å²) in [6.45, 7) is 6.51. The Morgan fingerprint density at radius 3 is 2.72 bits per heavy atom. The molecule has 100 valence electrons. The number of nitrogens with zero attached hydrogens (tertiary/aromatic N) is 1. The van der Waals surface area contributed by atoms with Crippen molar-refractivity contribution in [2.24, 2.45) is 0 Å². The molecule has 1 heterocycles. The first-order chi connectivity index (χ1) is 8.72. The van der Waals surface area contributed by atoms with Crippen molar-refractivity contribution in [1.29, 1.82) is 0 Å². The van der Waals surface area contributed by atoms with Gasteiger partial charge < -0.3 is 10.4 Å². The van der Waals surface area contributed by atoms with Crippen LogP contribution in [-0.2, 0) is 0 Å². The third-order valence-corrected chi connectivity index (χ3v) is 4.43. The lowest BCUT2D eigenvalue weighted by atomic mass is 10.0. The van der Waals surface area contributed by atoms with Gasteiger partial charge in [-0.3, -0.25) is 4.90 Å². The summed E-state index contributed by atoms with van der Waals surface area (Å²) in [6, 6.07) is 6.85. The van der Waals surface area contributed by atoms with Crippen molar-refractivity contribution >= 4 is 15.9 Å². The van der Waals surface area contributed by atoms with Gasteiger partial charge in [-0.25, -0.2) is 0 Å². The van der Waals surface area contributed by atoms with Crippen LogP contribution < -0.4 is 5.32 Å². The van der Waals surface area contributed by atoms with Crippen molar-refractivity contribution in [3.05, 3.63) is 33.8 Å². The number of piperazine rings is 1. The van der Waals surface area contributed by atoms with E-state index in [1.165, 1.54) is 11.1 Å². The fraction of sp³-hybridized carbons (Fsp3) is 0.571. The molecule has 1 aromatic carbocycles. The summed E-state index contributed by atoms with van der Waals surface area (Å²) in [7, 11) is 0. The minimum absolute atomic E-state index is 0.236. The fourth-order valence-electron chi connectivity index (χ4n) is 2.49. The minimum Gasteiger partial charge on any atom is -0.396 e. The Morgan fingerprint density at radius 2 is 2.11 bits per heavy atom. The number of rotatable bonds is 4. The van der Waals surface area contributed by atoms with Gasteiger partial charge in [0.2, 0.25) is 0 Å². The molecule has 0 amide bonds. The van der Waals surface area contributed by atoms with Gasteiger partial charge in [-0.2, -0.15) is 0 Å². The number of halogens is 1. The molecule has 2 rings (SSSR count). The highest BCUT2D eigenvalue weighted by Gasteiger charge is 2.21. The molecule has 0 radical (unpaired) electrons. The lowest BCUT2D eigenvalue weighted by Crippen LogP contribution is -2.45. The van der Waals surface area contributed by atoms with Gasteiger partial charge in [-0.05, 0) is 30.5 Å².